The molecule has 3 fully saturated rings. The molecule has 7 heteroatoms. The van der Waals surface area contributed by atoms with Crippen molar-refractivity contribution in [2.75, 3.05) is 13.2 Å². The lowest BCUT2D eigenvalue weighted by Gasteiger charge is -2.29. The third-order valence-corrected chi connectivity index (χ3v) is 5.10. The minimum atomic E-state index is -0.701. The van der Waals surface area contributed by atoms with Crippen LogP contribution in [0, 0.1) is 0 Å². The van der Waals surface area contributed by atoms with Crippen LogP contribution in [0.4, 0.5) is 0 Å². The number of hydrogen-bond donors (Lipinski definition) is 0. The van der Waals surface area contributed by atoms with Gasteiger partial charge in [-0.1, -0.05) is 12.1 Å². The topological polar surface area (TPSA) is 64.6 Å². The van der Waals surface area contributed by atoms with Gasteiger partial charge in [-0.25, -0.2) is 0 Å². The molecule has 0 unspecified atom stereocenters. The van der Waals surface area contributed by atoms with Crippen LogP contribution in [0.1, 0.15) is 40.2 Å². The van der Waals surface area contributed by atoms with Gasteiger partial charge in [-0.2, -0.15) is 0 Å². The summed E-state index contributed by atoms with van der Waals surface area (Å²) in [5.41, 5.74) is 1.05. The average Bonchev–Trinajstić information content (AvgIpc) is 3.23. The molecule has 4 rings (SSSR count). The van der Waals surface area contributed by atoms with E-state index < -0.39 is 17.9 Å². The summed E-state index contributed by atoms with van der Waals surface area (Å²) in [7, 11) is 0. The molecule has 5 atom stereocenters. The highest BCUT2D eigenvalue weighted by Gasteiger charge is 2.58. The first-order valence-electron chi connectivity index (χ1n) is 9.92. The highest BCUT2D eigenvalue weighted by molar-refractivity contribution is 5.26. The van der Waals surface area contributed by atoms with E-state index in [0.29, 0.717) is 19.8 Å². The monoisotopic (exact) mass is 394 g/mol. The lowest BCUT2D eigenvalue weighted by molar-refractivity contribution is -0.236. The van der Waals surface area contributed by atoms with Gasteiger partial charge in [-0.05, 0) is 52.3 Å². The van der Waals surface area contributed by atoms with Gasteiger partial charge in [0.25, 0.3) is 0 Å². The average molecular weight is 394 g/mol. The number of ether oxygens (including phenoxy) is 7. The van der Waals surface area contributed by atoms with Crippen LogP contribution in [-0.4, -0.2) is 55.5 Å². The molecule has 3 aliphatic rings. The molecule has 0 radical (unpaired) electrons. The zero-order chi connectivity index (χ0) is 19.9. The Morgan fingerprint density at radius 1 is 0.964 bits per heavy atom. The molecule has 7 nitrogen and oxygen atoms in total. The van der Waals surface area contributed by atoms with E-state index >= 15 is 0 Å². The van der Waals surface area contributed by atoms with Crippen molar-refractivity contribution in [1.29, 1.82) is 0 Å². The summed E-state index contributed by atoms with van der Waals surface area (Å²) in [4.78, 5) is 0. The van der Waals surface area contributed by atoms with Crippen molar-refractivity contribution in [2.24, 2.45) is 0 Å². The van der Waals surface area contributed by atoms with Crippen LogP contribution < -0.4 is 4.74 Å². The van der Waals surface area contributed by atoms with E-state index in [1.807, 2.05) is 58.9 Å². The smallest absolute Gasteiger partial charge is 0.190 e. The van der Waals surface area contributed by atoms with Crippen LogP contribution in [0.3, 0.4) is 0 Å². The summed E-state index contributed by atoms with van der Waals surface area (Å²) in [6.07, 6.45) is -1.66. The molecule has 0 amide bonds. The van der Waals surface area contributed by atoms with E-state index in [-0.39, 0.29) is 24.4 Å². The maximum absolute atomic E-state index is 6.28. The lowest BCUT2D eigenvalue weighted by atomic mass is 10.1. The lowest BCUT2D eigenvalue weighted by Crippen LogP contribution is -2.44. The largest absolute Gasteiger partial charge is 0.494 e. The van der Waals surface area contributed by atoms with Crippen LogP contribution in [0.2, 0.25) is 0 Å². The summed E-state index contributed by atoms with van der Waals surface area (Å²) in [5.74, 6) is -0.485. The Bertz CT molecular complexity index is 672. The van der Waals surface area contributed by atoms with Crippen LogP contribution in [0.25, 0.3) is 0 Å². The highest BCUT2D eigenvalue weighted by atomic mass is 16.8. The minimum Gasteiger partial charge on any atom is -0.494 e. The second-order valence-corrected chi connectivity index (χ2v) is 8.29. The molecule has 28 heavy (non-hydrogen) atoms. The van der Waals surface area contributed by atoms with Gasteiger partial charge in [0.2, 0.25) is 0 Å². The Morgan fingerprint density at radius 2 is 1.71 bits per heavy atom. The third kappa shape index (κ3) is 4.20. The maximum atomic E-state index is 6.28. The Morgan fingerprint density at radius 3 is 2.36 bits per heavy atom. The first-order chi connectivity index (χ1) is 13.3. The van der Waals surface area contributed by atoms with E-state index in [1.165, 1.54) is 0 Å². The summed E-state index contributed by atoms with van der Waals surface area (Å²) >= 11 is 0. The SMILES string of the molecule is CCOc1ccc(CO[C@@H]2[C@H]3OC(C)(C)O[C@H]3O[C@@H]2[C@@H]2COC(C)(C)O2)cc1. The fourth-order valence-corrected chi connectivity index (χ4v) is 3.91. The van der Waals surface area contributed by atoms with E-state index in [9.17, 15) is 0 Å². The summed E-state index contributed by atoms with van der Waals surface area (Å²) in [6, 6.07) is 7.90. The molecule has 0 bridgehead atoms. The predicted molar refractivity (Wildman–Crippen MR) is 99.8 cm³/mol. The van der Waals surface area contributed by atoms with Crippen molar-refractivity contribution >= 4 is 0 Å². The molecule has 0 N–H and O–H groups in total. The maximum Gasteiger partial charge on any atom is 0.190 e. The van der Waals surface area contributed by atoms with Gasteiger partial charge in [-0.15, -0.1) is 0 Å². The van der Waals surface area contributed by atoms with Crippen molar-refractivity contribution in [2.45, 2.75) is 83.5 Å². The number of hydrogen-bond acceptors (Lipinski definition) is 7. The summed E-state index contributed by atoms with van der Waals surface area (Å²) in [5, 5.41) is 0. The molecule has 3 saturated heterocycles. The zero-order valence-electron chi connectivity index (χ0n) is 17.2. The molecule has 0 aliphatic carbocycles. The molecule has 0 spiro atoms. The molecule has 3 heterocycles. The second-order valence-electron chi connectivity index (χ2n) is 8.29. The summed E-state index contributed by atoms with van der Waals surface area (Å²) in [6.45, 7) is 11.0. The zero-order valence-corrected chi connectivity index (χ0v) is 17.2. The van der Waals surface area contributed by atoms with Gasteiger partial charge in [0.1, 0.15) is 30.2 Å². The molecule has 0 aromatic heterocycles. The van der Waals surface area contributed by atoms with Crippen molar-refractivity contribution in [1.82, 2.24) is 0 Å². The van der Waals surface area contributed by atoms with Crippen LogP contribution in [0.15, 0.2) is 24.3 Å². The van der Waals surface area contributed by atoms with Gasteiger partial charge >= 0.3 is 0 Å². The minimum absolute atomic E-state index is 0.235. The van der Waals surface area contributed by atoms with E-state index in [2.05, 4.69) is 0 Å². The van der Waals surface area contributed by atoms with E-state index in [0.717, 1.165) is 11.3 Å². The standard InChI is InChI=1S/C21H30O7/c1-6-22-14-9-7-13(8-10-14)11-23-17-16(15-12-24-20(2,3)26-15)25-19-18(17)27-21(4,5)28-19/h7-10,15-19H,6,11-12H2,1-5H3/t15-,16+,17-,18+,19+/m0/s1. The van der Waals surface area contributed by atoms with Crippen LogP contribution in [-0.2, 0) is 35.0 Å². The molecule has 0 saturated carbocycles. The normalized spacial score (nSPS) is 35.8. The van der Waals surface area contributed by atoms with Gasteiger partial charge in [-0.3, -0.25) is 0 Å². The summed E-state index contributed by atoms with van der Waals surface area (Å²) < 4.78 is 41.7. The van der Waals surface area contributed by atoms with Crippen molar-refractivity contribution in [3.8, 4) is 5.75 Å². The van der Waals surface area contributed by atoms with Gasteiger partial charge < -0.3 is 33.2 Å². The quantitative estimate of drug-likeness (QED) is 0.735. The first-order valence-corrected chi connectivity index (χ1v) is 9.92. The molecular formula is C21H30O7. The van der Waals surface area contributed by atoms with Gasteiger partial charge in [0.05, 0.1) is 19.8 Å². The fraction of sp³-hybridized carbons (Fsp3) is 0.714. The van der Waals surface area contributed by atoms with Crippen LogP contribution in [0.5, 0.6) is 5.75 Å². The number of rotatable bonds is 6. The fourth-order valence-electron chi connectivity index (χ4n) is 3.91. The van der Waals surface area contributed by atoms with Crippen molar-refractivity contribution < 1.29 is 33.2 Å². The molecule has 1 aromatic rings. The Labute approximate surface area is 166 Å². The first kappa shape index (κ1) is 20.1. The Kier molecular flexibility index (Phi) is 5.41. The molecule has 156 valence electrons. The number of benzene rings is 1. The predicted octanol–water partition coefficient (Wildman–Crippen LogP) is 3.00. The molecule has 1 aromatic carbocycles. The van der Waals surface area contributed by atoms with Gasteiger partial charge in [0.15, 0.2) is 17.9 Å². The van der Waals surface area contributed by atoms with E-state index in [1.54, 1.807) is 0 Å². The Hall–Kier alpha value is -1.22. The molecular weight excluding hydrogens is 364 g/mol. The third-order valence-electron chi connectivity index (χ3n) is 5.10. The van der Waals surface area contributed by atoms with E-state index in [4.69, 9.17) is 33.2 Å². The van der Waals surface area contributed by atoms with Crippen molar-refractivity contribution in [3.63, 3.8) is 0 Å². The Balaban J connectivity index is 1.45. The van der Waals surface area contributed by atoms with Crippen molar-refractivity contribution in [3.05, 3.63) is 29.8 Å². The molecule has 3 aliphatic heterocycles. The second kappa shape index (κ2) is 7.55. The highest BCUT2D eigenvalue weighted by Crippen LogP contribution is 2.42. The van der Waals surface area contributed by atoms with Crippen LogP contribution >= 0.6 is 0 Å². The van der Waals surface area contributed by atoms with Gasteiger partial charge in [0, 0.05) is 0 Å². The number of fused-ring (bicyclic) bond motifs is 1.